The van der Waals surface area contributed by atoms with Gasteiger partial charge in [0.2, 0.25) is 0 Å². The Morgan fingerprint density at radius 1 is 1.29 bits per heavy atom. The normalized spacial score (nSPS) is 24.5. The molecule has 1 aromatic heterocycles. The van der Waals surface area contributed by atoms with Gasteiger partial charge in [0.25, 0.3) is 0 Å². The highest BCUT2D eigenvalue weighted by Gasteiger charge is 2.38. The van der Waals surface area contributed by atoms with E-state index in [0.717, 1.165) is 48.4 Å². The Morgan fingerprint density at radius 2 is 2.07 bits per heavy atom. The van der Waals surface area contributed by atoms with Crippen LogP contribution in [0.1, 0.15) is 58.1 Å². The highest BCUT2D eigenvalue weighted by atomic mass is 16.2. The van der Waals surface area contributed by atoms with Gasteiger partial charge in [-0.05, 0) is 66.5 Å². The zero-order valence-electron chi connectivity index (χ0n) is 17.2. The lowest BCUT2D eigenvalue weighted by Gasteiger charge is -2.38. The molecule has 0 radical (unpaired) electrons. The fourth-order valence-corrected chi connectivity index (χ4v) is 4.34. The molecule has 2 heterocycles. The average molecular weight is 383 g/mol. The first kappa shape index (κ1) is 18.9. The summed E-state index contributed by atoms with van der Waals surface area (Å²) < 4.78 is 1.91. The molecular formula is C21H30N6O. The molecule has 2 amide bonds. The highest BCUT2D eigenvalue weighted by molar-refractivity contribution is 5.95. The summed E-state index contributed by atoms with van der Waals surface area (Å²) in [4.78, 5) is 15.2. The number of hydrogen-bond donors (Lipinski definition) is 1. The van der Waals surface area contributed by atoms with Crippen LogP contribution in [0.4, 0.5) is 10.5 Å². The topological polar surface area (TPSA) is 75.9 Å². The van der Waals surface area contributed by atoms with Crippen molar-refractivity contribution in [2.24, 2.45) is 11.8 Å². The molecule has 2 fully saturated rings. The number of nitrogens with one attached hydrogen (secondary N) is 1. The minimum absolute atomic E-state index is 0.0206. The number of amides is 2. The highest BCUT2D eigenvalue weighted by Crippen LogP contribution is 2.44. The van der Waals surface area contributed by atoms with Crippen LogP contribution in [0.3, 0.4) is 0 Å². The Morgan fingerprint density at radius 3 is 2.79 bits per heavy atom. The number of carbonyl (C=O) groups is 1. The van der Waals surface area contributed by atoms with Crippen LogP contribution in [0.25, 0.3) is 11.4 Å². The minimum Gasteiger partial charge on any atom is -0.321 e. The molecule has 28 heavy (non-hydrogen) atoms. The van der Waals surface area contributed by atoms with Gasteiger partial charge in [-0.3, -0.25) is 0 Å². The van der Waals surface area contributed by atoms with E-state index in [9.17, 15) is 4.79 Å². The largest absolute Gasteiger partial charge is 0.322 e. The molecule has 3 atom stereocenters. The average Bonchev–Trinajstić information content (AvgIpc) is 3.21. The number of piperidine rings is 1. The second kappa shape index (κ2) is 7.53. The van der Waals surface area contributed by atoms with E-state index in [2.05, 4.69) is 41.6 Å². The van der Waals surface area contributed by atoms with E-state index < -0.39 is 0 Å². The first-order valence-electron chi connectivity index (χ1n) is 10.4. The quantitative estimate of drug-likeness (QED) is 0.857. The number of likely N-dealkylation sites (tertiary alicyclic amines) is 1. The van der Waals surface area contributed by atoms with Crippen molar-refractivity contribution in [3.05, 3.63) is 23.8 Å². The monoisotopic (exact) mass is 382 g/mol. The number of benzene rings is 1. The molecule has 1 unspecified atom stereocenters. The molecule has 0 bridgehead atoms. The van der Waals surface area contributed by atoms with Crippen molar-refractivity contribution in [2.75, 3.05) is 11.9 Å². The molecule has 7 nitrogen and oxygen atoms in total. The van der Waals surface area contributed by atoms with Crippen LogP contribution < -0.4 is 5.32 Å². The summed E-state index contributed by atoms with van der Waals surface area (Å²) in [7, 11) is 0. The van der Waals surface area contributed by atoms with Crippen LogP contribution in [0.15, 0.2) is 18.2 Å². The molecule has 150 valence electrons. The van der Waals surface area contributed by atoms with Crippen molar-refractivity contribution in [3.63, 3.8) is 0 Å². The van der Waals surface area contributed by atoms with Crippen LogP contribution in [-0.2, 0) is 0 Å². The van der Waals surface area contributed by atoms with Crippen LogP contribution in [0.5, 0.6) is 0 Å². The Bertz CT molecular complexity index is 860. The van der Waals surface area contributed by atoms with E-state index in [1.165, 1.54) is 6.42 Å². The molecule has 0 spiro atoms. The van der Waals surface area contributed by atoms with Gasteiger partial charge in [0.1, 0.15) is 0 Å². The fourth-order valence-electron chi connectivity index (χ4n) is 4.34. The van der Waals surface area contributed by atoms with E-state index in [1.54, 1.807) is 0 Å². The minimum atomic E-state index is -0.0206. The number of carbonyl (C=O) groups excluding carboxylic acids is 1. The maximum atomic E-state index is 13.2. The van der Waals surface area contributed by atoms with Crippen molar-refractivity contribution in [2.45, 2.75) is 65.5 Å². The summed E-state index contributed by atoms with van der Waals surface area (Å²) in [6, 6.07) is 6.62. The summed E-state index contributed by atoms with van der Waals surface area (Å²) in [6.45, 7) is 9.43. The first-order valence-corrected chi connectivity index (χ1v) is 10.4. The van der Waals surface area contributed by atoms with Gasteiger partial charge in [-0.15, -0.1) is 5.10 Å². The van der Waals surface area contributed by atoms with E-state index in [0.29, 0.717) is 23.9 Å². The maximum Gasteiger partial charge on any atom is 0.322 e. The lowest BCUT2D eigenvalue weighted by atomic mass is 9.93. The number of rotatable bonds is 4. The van der Waals surface area contributed by atoms with Crippen molar-refractivity contribution in [1.29, 1.82) is 0 Å². The van der Waals surface area contributed by atoms with Gasteiger partial charge in [-0.2, -0.15) is 0 Å². The van der Waals surface area contributed by atoms with Crippen LogP contribution >= 0.6 is 0 Å². The molecule has 7 heteroatoms. The molecule has 1 saturated heterocycles. The standard InChI is InChI=1S/C21H30N6O/c1-13(2)17-10-5-6-11-26(17)21(28)22-19-14(3)8-7-9-16(19)20-23-24-25-27(20)18-12-15(18)4/h7-9,13,15,17-18H,5-6,10-12H2,1-4H3,(H,22,28)/t15-,17?,18-/m1/s1. The molecule has 1 aromatic carbocycles. The summed E-state index contributed by atoms with van der Waals surface area (Å²) >= 11 is 0. The Hall–Kier alpha value is -2.44. The molecule has 2 aromatic rings. The SMILES string of the molecule is Cc1cccc(-c2nnnn2[C@@H]2C[C@H]2C)c1NC(=O)N1CCCCC1C(C)C. The van der Waals surface area contributed by atoms with E-state index in [1.807, 2.05) is 34.7 Å². The zero-order valence-corrected chi connectivity index (χ0v) is 17.2. The van der Waals surface area contributed by atoms with Crippen LogP contribution in [0, 0.1) is 18.8 Å². The number of aromatic nitrogens is 4. The van der Waals surface area contributed by atoms with Gasteiger partial charge in [-0.1, -0.05) is 32.9 Å². The first-order chi connectivity index (χ1) is 13.5. The lowest BCUT2D eigenvalue weighted by Crippen LogP contribution is -2.48. The summed E-state index contributed by atoms with van der Waals surface area (Å²) in [5.74, 6) is 1.77. The van der Waals surface area contributed by atoms with E-state index >= 15 is 0 Å². The van der Waals surface area contributed by atoms with Gasteiger partial charge >= 0.3 is 6.03 Å². The number of nitrogens with zero attached hydrogens (tertiary/aromatic N) is 5. The molecular weight excluding hydrogens is 352 g/mol. The predicted molar refractivity (Wildman–Crippen MR) is 109 cm³/mol. The smallest absolute Gasteiger partial charge is 0.321 e. The number of para-hydroxylation sites is 1. The molecule has 4 rings (SSSR count). The molecule has 2 aliphatic rings. The molecule has 1 aliphatic heterocycles. The van der Waals surface area contributed by atoms with Gasteiger partial charge in [-0.25, -0.2) is 9.48 Å². The van der Waals surface area contributed by atoms with Crippen molar-refractivity contribution >= 4 is 11.7 Å². The van der Waals surface area contributed by atoms with E-state index in [4.69, 9.17) is 0 Å². The third-order valence-electron chi connectivity index (χ3n) is 6.20. The van der Waals surface area contributed by atoms with E-state index in [-0.39, 0.29) is 6.03 Å². The predicted octanol–water partition coefficient (Wildman–Crippen LogP) is 4.27. The summed E-state index contributed by atoms with van der Waals surface area (Å²) in [5.41, 5.74) is 2.71. The van der Waals surface area contributed by atoms with Crippen molar-refractivity contribution < 1.29 is 4.79 Å². The zero-order chi connectivity index (χ0) is 19.8. The third kappa shape index (κ3) is 3.50. The Labute approximate surface area is 166 Å². The Kier molecular flexibility index (Phi) is 5.08. The number of hydrogen-bond acceptors (Lipinski definition) is 4. The van der Waals surface area contributed by atoms with Crippen LogP contribution in [-0.4, -0.2) is 43.7 Å². The molecule has 1 N–H and O–H groups in total. The lowest BCUT2D eigenvalue weighted by molar-refractivity contribution is 0.138. The van der Waals surface area contributed by atoms with Crippen LogP contribution in [0.2, 0.25) is 0 Å². The van der Waals surface area contributed by atoms with Crippen molar-refractivity contribution in [1.82, 2.24) is 25.1 Å². The third-order valence-corrected chi connectivity index (χ3v) is 6.20. The second-order valence-electron chi connectivity index (χ2n) is 8.66. The summed E-state index contributed by atoms with van der Waals surface area (Å²) in [6.07, 6.45) is 4.42. The van der Waals surface area contributed by atoms with Gasteiger partial charge in [0.05, 0.1) is 11.7 Å². The van der Waals surface area contributed by atoms with Gasteiger partial charge in [0, 0.05) is 18.2 Å². The number of aryl methyl sites for hydroxylation is 1. The number of tetrazole rings is 1. The van der Waals surface area contributed by atoms with Crippen molar-refractivity contribution in [3.8, 4) is 11.4 Å². The number of urea groups is 1. The summed E-state index contributed by atoms with van der Waals surface area (Å²) in [5, 5.41) is 15.6. The van der Waals surface area contributed by atoms with Gasteiger partial charge in [0.15, 0.2) is 5.82 Å². The molecule has 1 aliphatic carbocycles. The second-order valence-corrected chi connectivity index (χ2v) is 8.66. The number of anilines is 1. The fraction of sp³-hybridized carbons (Fsp3) is 0.619. The maximum absolute atomic E-state index is 13.2. The molecule has 1 saturated carbocycles. The van der Waals surface area contributed by atoms with Gasteiger partial charge < -0.3 is 10.2 Å². The Balaban J connectivity index is 1.64.